The Morgan fingerprint density at radius 1 is 1.05 bits per heavy atom. The SMILES string of the molecule is COCCOc1nc(N)c2[nH]c(=O)n(Cc3ccc(CN(C)CCOc4cccc(CC(=O)O)c4)cc3)c2n1. The molecule has 0 saturated heterocycles. The first kappa shape index (κ1) is 27.6. The van der Waals surface area contributed by atoms with Crippen molar-refractivity contribution in [1.82, 2.24) is 24.4 Å². The average molecular weight is 537 g/mol. The van der Waals surface area contributed by atoms with Crippen molar-refractivity contribution in [2.75, 3.05) is 46.3 Å². The van der Waals surface area contributed by atoms with Gasteiger partial charge < -0.3 is 30.0 Å². The van der Waals surface area contributed by atoms with Crippen molar-refractivity contribution in [1.29, 1.82) is 0 Å². The lowest BCUT2D eigenvalue weighted by Gasteiger charge is -2.17. The maximum Gasteiger partial charge on any atom is 0.328 e. The number of nitrogen functional groups attached to an aromatic ring is 1. The van der Waals surface area contributed by atoms with E-state index in [4.69, 9.17) is 25.1 Å². The second kappa shape index (κ2) is 12.9. The minimum absolute atomic E-state index is 0.0336. The molecule has 2 heterocycles. The standard InChI is InChI=1S/C27H32N6O6/c1-32(10-11-38-21-5-3-4-20(14-21)15-22(34)35)16-18-6-8-19(9-7-18)17-33-25-23(29-27(33)36)24(28)30-26(31-25)39-13-12-37-2/h3-9,14H,10-13,15-17H2,1-2H3,(H,29,36)(H,34,35)(H2,28,30,31). The van der Waals surface area contributed by atoms with E-state index in [0.717, 1.165) is 11.1 Å². The minimum atomic E-state index is -0.873. The van der Waals surface area contributed by atoms with Gasteiger partial charge in [0.25, 0.3) is 0 Å². The van der Waals surface area contributed by atoms with Crippen molar-refractivity contribution in [2.45, 2.75) is 19.5 Å². The van der Waals surface area contributed by atoms with Crippen molar-refractivity contribution in [3.63, 3.8) is 0 Å². The molecule has 4 rings (SSSR count). The van der Waals surface area contributed by atoms with Crippen LogP contribution in [0.3, 0.4) is 0 Å². The summed E-state index contributed by atoms with van der Waals surface area (Å²) in [5.41, 5.74) is 9.15. The van der Waals surface area contributed by atoms with Crippen LogP contribution in [0.1, 0.15) is 16.7 Å². The van der Waals surface area contributed by atoms with E-state index in [1.807, 2.05) is 37.4 Å². The molecule has 2 aromatic heterocycles. The van der Waals surface area contributed by atoms with Gasteiger partial charge in [0.05, 0.1) is 19.6 Å². The molecular weight excluding hydrogens is 504 g/mol. The highest BCUT2D eigenvalue weighted by molar-refractivity contribution is 5.82. The zero-order chi connectivity index (χ0) is 27.8. The summed E-state index contributed by atoms with van der Waals surface area (Å²) in [6, 6.07) is 15.2. The Bertz CT molecular complexity index is 1470. The summed E-state index contributed by atoms with van der Waals surface area (Å²) in [4.78, 5) is 36.9. The summed E-state index contributed by atoms with van der Waals surface area (Å²) in [6.07, 6.45) is -0.0336. The number of methoxy groups -OCH3 is 1. The van der Waals surface area contributed by atoms with Gasteiger partial charge in [-0.05, 0) is 35.9 Å². The number of likely N-dealkylation sites (N-methyl/N-ethyl adjacent to an activating group) is 1. The Hall–Kier alpha value is -4.42. The number of ether oxygens (including phenoxy) is 3. The van der Waals surface area contributed by atoms with Crippen molar-refractivity contribution in [3.05, 3.63) is 75.7 Å². The van der Waals surface area contributed by atoms with E-state index in [2.05, 4.69) is 19.9 Å². The van der Waals surface area contributed by atoms with E-state index in [0.29, 0.717) is 55.3 Å². The van der Waals surface area contributed by atoms with Gasteiger partial charge >= 0.3 is 17.7 Å². The largest absolute Gasteiger partial charge is 0.492 e. The number of carboxylic acids is 1. The lowest BCUT2D eigenvalue weighted by Crippen LogP contribution is -2.24. The fourth-order valence-electron chi connectivity index (χ4n) is 4.02. The smallest absolute Gasteiger partial charge is 0.328 e. The average Bonchev–Trinajstić information content (AvgIpc) is 3.20. The second-order valence-electron chi connectivity index (χ2n) is 9.07. The van der Waals surface area contributed by atoms with Crippen LogP contribution in [-0.2, 0) is 29.0 Å². The number of anilines is 1. The topological polar surface area (TPSA) is 158 Å². The molecule has 0 fully saturated rings. The summed E-state index contributed by atoms with van der Waals surface area (Å²) < 4.78 is 17.8. The number of aromatic amines is 1. The molecule has 0 amide bonds. The molecule has 0 aliphatic carbocycles. The number of rotatable bonds is 14. The molecule has 12 heteroatoms. The fourth-order valence-corrected chi connectivity index (χ4v) is 4.02. The van der Waals surface area contributed by atoms with E-state index in [-0.39, 0.29) is 30.5 Å². The first-order valence-corrected chi connectivity index (χ1v) is 12.4. The number of H-pyrrole nitrogens is 1. The van der Waals surface area contributed by atoms with Gasteiger partial charge in [-0.1, -0.05) is 36.4 Å². The maximum atomic E-state index is 12.6. The highest BCUT2D eigenvalue weighted by atomic mass is 16.5. The molecule has 0 radical (unpaired) electrons. The van der Waals surface area contributed by atoms with Crippen molar-refractivity contribution in [2.24, 2.45) is 0 Å². The number of benzene rings is 2. The van der Waals surface area contributed by atoms with Gasteiger partial charge in [-0.25, -0.2) is 4.79 Å². The first-order valence-electron chi connectivity index (χ1n) is 12.4. The highest BCUT2D eigenvalue weighted by Gasteiger charge is 2.15. The summed E-state index contributed by atoms with van der Waals surface area (Å²) >= 11 is 0. The second-order valence-corrected chi connectivity index (χ2v) is 9.07. The predicted octanol–water partition coefficient (Wildman–Crippen LogP) is 1.91. The Morgan fingerprint density at radius 2 is 1.82 bits per heavy atom. The molecule has 0 spiro atoms. The molecule has 0 aliphatic rings. The molecule has 206 valence electrons. The summed E-state index contributed by atoms with van der Waals surface area (Å²) in [5, 5.41) is 8.95. The number of hydrogen-bond donors (Lipinski definition) is 3. The van der Waals surface area contributed by atoms with Crippen LogP contribution in [0.5, 0.6) is 11.8 Å². The molecule has 4 N–H and O–H groups in total. The van der Waals surface area contributed by atoms with E-state index >= 15 is 0 Å². The van der Waals surface area contributed by atoms with Crippen LogP contribution >= 0.6 is 0 Å². The van der Waals surface area contributed by atoms with Gasteiger partial charge in [0.2, 0.25) is 0 Å². The van der Waals surface area contributed by atoms with Crippen LogP contribution in [-0.4, -0.2) is 76.0 Å². The van der Waals surface area contributed by atoms with Gasteiger partial charge in [-0.2, -0.15) is 9.97 Å². The quantitative estimate of drug-likeness (QED) is 0.203. The third-order valence-electron chi connectivity index (χ3n) is 5.96. The Balaban J connectivity index is 1.33. The number of aromatic nitrogens is 4. The van der Waals surface area contributed by atoms with Crippen molar-refractivity contribution in [3.8, 4) is 11.8 Å². The molecule has 2 aromatic carbocycles. The van der Waals surface area contributed by atoms with Gasteiger partial charge in [0.1, 0.15) is 24.5 Å². The molecule has 12 nitrogen and oxygen atoms in total. The Morgan fingerprint density at radius 3 is 2.56 bits per heavy atom. The number of nitrogens with two attached hydrogens (primary N) is 1. The Kier molecular flexibility index (Phi) is 9.13. The van der Waals surface area contributed by atoms with Gasteiger partial charge in [-0.15, -0.1) is 0 Å². The van der Waals surface area contributed by atoms with Crippen LogP contribution in [0.15, 0.2) is 53.3 Å². The summed E-state index contributed by atoms with van der Waals surface area (Å²) in [5.74, 6) is -0.0825. The van der Waals surface area contributed by atoms with Crippen LogP contribution < -0.4 is 20.9 Å². The van der Waals surface area contributed by atoms with E-state index in [1.54, 1.807) is 25.3 Å². The fraction of sp³-hybridized carbons (Fsp3) is 0.333. The van der Waals surface area contributed by atoms with Crippen molar-refractivity contribution >= 4 is 23.0 Å². The molecule has 0 unspecified atom stereocenters. The van der Waals surface area contributed by atoms with Gasteiger partial charge in [0.15, 0.2) is 11.5 Å². The number of hydrogen-bond acceptors (Lipinski definition) is 9. The lowest BCUT2D eigenvalue weighted by molar-refractivity contribution is -0.136. The number of imidazole rings is 1. The molecule has 0 saturated carbocycles. The molecule has 0 aliphatic heterocycles. The van der Waals surface area contributed by atoms with Crippen LogP contribution in [0.2, 0.25) is 0 Å². The van der Waals surface area contributed by atoms with E-state index < -0.39 is 5.97 Å². The monoisotopic (exact) mass is 536 g/mol. The number of fused-ring (bicyclic) bond motifs is 1. The molecular formula is C27H32N6O6. The van der Waals surface area contributed by atoms with Crippen LogP contribution in [0, 0.1) is 0 Å². The Labute approximate surface area is 225 Å². The third kappa shape index (κ3) is 7.55. The molecule has 0 atom stereocenters. The number of aliphatic carboxylic acids is 1. The normalized spacial score (nSPS) is 11.3. The zero-order valence-corrected chi connectivity index (χ0v) is 21.9. The molecule has 4 aromatic rings. The summed E-state index contributed by atoms with van der Waals surface area (Å²) in [7, 11) is 3.57. The molecule has 0 bridgehead atoms. The lowest BCUT2D eigenvalue weighted by atomic mass is 10.1. The van der Waals surface area contributed by atoms with E-state index in [9.17, 15) is 9.59 Å². The van der Waals surface area contributed by atoms with Crippen molar-refractivity contribution < 1.29 is 24.1 Å². The number of nitrogens with one attached hydrogen (secondary N) is 1. The first-order chi connectivity index (χ1) is 18.8. The van der Waals surface area contributed by atoms with E-state index in [1.165, 1.54) is 4.57 Å². The third-order valence-corrected chi connectivity index (χ3v) is 5.96. The molecule has 39 heavy (non-hydrogen) atoms. The maximum absolute atomic E-state index is 12.6. The van der Waals surface area contributed by atoms with Crippen LogP contribution in [0.25, 0.3) is 11.2 Å². The minimum Gasteiger partial charge on any atom is -0.492 e. The van der Waals surface area contributed by atoms with Gasteiger partial charge in [-0.3, -0.25) is 14.3 Å². The summed E-state index contributed by atoms with van der Waals surface area (Å²) in [6.45, 7) is 2.80. The number of carboxylic acid groups (broad SMARTS) is 1. The van der Waals surface area contributed by atoms with Crippen LogP contribution in [0.4, 0.5) is 5.82 Å². The predicted molar refractivity (Wildman–Crippen MR) is 145 cm³/mol. The number of nitrogens with zero attached hydrogens (tertiary/aromatic N) is 4. The number of carbonyl (C=O) groups is 1. The zero-order valence-electron chi connectivity index (χ0n) is 21.9. The highest BCUT2D eigenvalue weighted by Crippen LogP contribution is 2.19. The van der Waals surface area contributed by atoms with Gasteiger partial charge in [0, 0.05) is 20.2 Å².